The Morgan fingerprint density at radius 3 is 2.62 bits per heavy atom. The second-order valence-electron chi connectivity index (χ2n) is 7.37. The molecular formula is C24H23N5O2S. The number of fused-ring (bicyclic) bond motifs is 1. The molecule has 0 unspecified atom stereocenters. The predicted molar refractivity (Wildman–Crippen MR) is 127 cm³/mol. The van der Waals surface area contributed by atoms with Gasteiger partial charge in [0.15, 0.2) is 11.0 Å². The molecule has 8 heteroatoms. The van der Waals surface area contributed by atoms with E-state index in [9.17, 15) is 9.59 Å². The third kappa shape index (κ3) is 4.97. The fourth-order valence-electron chi connectivity index (χ4n) is 3.32. The van der Waals surface area contributed by atoms with Crippen molar-refractivity contribution in [2.45, 2.75) is 18.6 Å². The molecule has 1 aromatic heterocycles. The van der Waals surface area contributed by atoms with Crippen molar-refractivity contribution in [3.63, 3.8) is 0 Å². The SMILES string of the molecule is Cc1cccc(C(=O)NCc2nnc(SCC(=O)Nc3cccc4ccccc34)n2C)c1. The summed E-state index contributed by atoms with van der Waals surface area (Å²) >= 11 is 1.30. The van der Waals surface area contributed by atoms with Gasteiger partial charge in [-0.2, -0.15) is 0 Å². The number of benzene rings is 3. The van der Waals surface area contributed by atoms with Crippen molar-refractivity contribution in [3.05, 3.63) is 83.7 Å². The van der Waals surface area contributed by atoms with Gasteiger partial charge in [0.25, 0.3) is 5.91 Å². The van der Waals surface area contributed by atoms with Crippen LogP contribution in [0.15, 0.2) is 71.9 Å². The van der Waals surface area contributed by atoms with E-state index in [-0.39, 0.29) is 24.1 Å². The van der Waals surface area contributed by atoms with Gasteiger partial charge in [-0.3, -0.25) is 9.59 Å². The van der Waals surface area contributed by atoms with Crippen LogP contribution in [0, 0.1) is 6.92 Å². The number of nitrogens with zero attached hydrogens (tertiary/aromatic N) is 3. The van der Waals surface area contributed by atoms with E-state index < -0.39 is 0 Å². The van der Waals surface area contributed by atoms with Crippen LogP contribution >= 0.6 is 11.8 Å². The molecule has 2 amide bonds. The molecule has 0 aliphatic heterocycles. The van der Waals surface area contributed by atoms with Crippen LogP contribution in [0.4, 0.5) is 5.69 Å². The standard InChI is InChI=1S/C24H23N5O2S/c1-16-7-5-10-18(13-16)23(31)25-14-21-27-28-24(29(21)2)32-15-22(30)26-20-12-6-9-17-8-3-4-11-19(17)20/h3-13H,14-15H2,1-2H3,(H,25,31)(H,26,30). The number of anilines is 1. The summed E-state index contributed by atoms with van der Waals surface area (Å²) in [6.45, 7) is 2.19. The molecule has 4 aromatic rings. The molecule has 162 valence electrons. The zero-order valence-electron chi connectivity index (χ0n) is 17.8. The van der Waals surface area contributed by atoms with Crippen molar-refractivity contribution in [1.29, 1.82) is 0 Å². The maximum absolute atomic E-state index is 12.5. The summed E-state index contributed by atoms with van der Waals surface area (Å²) in [5, 5.41) is 16.8. The van der Waals surface area contributed by atoms with Gasteiger partial charge in [-0.1, -0.05) is 65.9 Å². The quantitative estimate of drug-likeness (QED) is 0.421. The van der Waals surface area contributed by atoms with Gasteiger partial charge >= 0.3 is 0 Å². The number of aryl methyl sites for hydroxylation is 1. The number of carbonyl (C=O) groups is 2. The average molecular weight is 446 g/mol. The van der Waals surface area contributed by atoms with Gasteiger partial charge in [0.05, 0.1) is 12.3 Å². The summed E-state index contributed by atoms with van der Waals surface area (Å²) in [6, 6.07) is 21.1. The zero-order chi connectivity index (χ0) is 22.5. The number of nitrogens with one attached hydrogen (secondary N) is 2. The molecule has 0 aliphatic rings. The maximum Gasteiger partial charge on any atom is 0.251 e. The normalized spacial score (nSPS) is 10.8. The topological polar surface area (TPSA) is 88.9 Å². The monoisotopic (exact) mass is 445 g/mol. The number of rotatable bonds is 7. The highest BCUT2D eigenvalue weighted by Crippen LogP contribution is 2.23. The first kappa shape index (κ1) is 21.6. The third-order valence-electron chi connectivity index (χ3n) is 5.01. The summed E-state index contributed by atoms with van der Waals surface area (Å²) in [6.07, 6.45) is 0. The molecule has 2 N–H and O–H groups in total. The van der Waals surface area contributed by atoms with Gasteiger partial charge in [-0.05, 0) is 30.5 Å². The van der Waals surface area contributed by atoms with Gasteiger partial charge in [0.2, 0.25) is 5.91 Å². The number of hydrogen-bond donors (Lipinski definition) is 2. The van der Waals surface area contributed by atoms with Crippen LogP contribution in [0.25, 0.3) is 10.8 Å². The van der Waals surface area contributed by atoms with E-state index in [0.29, 0.717) is 16.5 Å². The number of amides is 2. The Bertz CT molecular complexity index is 1280. The van der Waals surface area contributed by atoms with Crippen molar-refractivity contribution < 1.29 is 9.59 Å². The van der Waals surface area contributed by atoms with Crippen LogP contribution in [0.1, 0.15) is 21.7 Å². The summed E-state index contributed by atoms with van der Waals surface area (Å²) in [5.74, 6) is 0.525. The molecule has 1 heterocycles. The van der Waals surface area contributed by atoms with Crippen LogP contribution in [-0.4, -0.2) is 32.3 Å². The first-order valence-electron chi connectivity index (χ1n) is 10.1. The highest BCUT2D eigenvalue weighted by Gasteiger charge is 2.14. The Labute approximate surface area is 190 Å². The first-order chi connectivity index (χ1) is 15.5. The van der Waals surface area contributed by atoms with Crippen LogP contribution in [0.2, 0.25) is 0 Å². The summed E-state index contributed by atoms with van der Waals surface area (Å²) in [4.78, 5) is 24.8. The molecule has 0 fully saturated rings. The Morgan fingerprint density at radius 1 is 1.00 bits per heavy atom. The van der Waals surface area contributed by atoms with E-state index >= 15 is 0 Å². The van der Waals surface area contributed by atoms with Gasteiger partial charge in [-0.25, -0.2) is 0 Å². The number of thioether (sulfide) groups is 1. The summed E-state index contributed by atoms with van der Waals surface area (Å²) in [7, 11) is 1.82. The minimum atomic E-state index is -0.166. The van der Waals surface area contributed by atoms with Crippen LogP contribution < -0.4 is 10.6 Å². The number of carbonyl (C=O) groups excluding carboxylic acids is 2. The van der Waals surface area contributed by atoms with Gasteiger partial charge in [-0.15, -0.1) is 10.2 Å². The fraction of sp³-hybridized carbons (Fsp3) is 0.167. The lowest BCUT2D eigenvalue weighted by Crippen LogP contribution is -2.24. The zero-order valence-corrected chi connectivity index (χ0v) is 18.6. The lowest BCUT2D eigenvalue weighted by molar-refractivity contribution is -0.113. The predicted octanol–water partition coefficient (Wildman–Crippen LogP) is 3.94. The fourth-order valence-corrected chi connectivity index (χ4v) is 4.05. The molecule has 3 aromatic carbocycles. The van der Waals surface area contributed by atoms with E-state index in [1.807, 2.05) is 74.6 Å². The van der Waals surface area contributed by atoms with E-state index in [4.69, 9.17) is 0 Å². The van der Waals surface area contributed by atoms with Gasteiger partial charge in [0, 0.05) is 23.7 Å². The Balaban J connectivity index is 1.33. The number of aromatic nitrogens is 3. The second kappa shape index (κ2) is 9.65. The Kier molecular flexibility index (Phi) is 6.51. The molecular weight excluding hydrogens is 422 g/mol. The van der Waals surface area contributed by atoms with E-state index in [1.165, 1.54) is 11.8 Å². The minimum absolute atomic E-state index is 0.122. The molecule has 0 radical (unpaired) electrons. The second-order valence-corrected chi connectivity index (χ2v) is 8.32. The van der Waals surface area contributed by atoms with Crippen LogP contribution in [0.5, 0.6) is 0 Å². The molecule has 0 atom stereocenters. The maximum atomic E-state index is 12.5. The van der Waals surface area contributed by atoms with E-state index in [0.717, 1.165) is 22.0 Å². The molecule has 0 aliphatic carbocycles. The van der Waals surface area contributed by atoms with Gasteiger partial charge < -0.3 is 15.2 Å². The molecule has 32 heavy (non-hydrogen) atoms. The highest BCUT2D eigenvalue weighted by molar-refractivity contribution is 7.99. The summed E-state index contributed by atoms with van der Waals surface area (Å²) < 4.78 is 1.78. The lowest BCUT2D eigenvalue weighted by atomic mass is 10.1. The van der Waals surface area contributed by atoms with E-state index in [2.05, 4.69) is 20.8 Å². The summed E-state index contributed by atoms with van der Waals surface area (Å²) in [5.41, 5.74) is 2.41. The third-order valence-corrected chi connectivity index (χ3v) is 6.03. The molecule has 0 spiro atoms. The van der Waals surface area contributed by atoms with Crippen LogP contribution in [-0.2, 0) is 18.4 Å². The Hall–Kier alpha value is -3.65. The van der Waals surface area contributed by atoms with Crippen LogP contribution in [0.3, 0.4) is 0 Å². The number of hydrogen-bond acceptors (Lipinski definition) is 5. The highest BCUT2D eigenvalue weighted by atomic mass is 32.2. The largest absolute Gasteiger partial charge is 0.345 e. The minimum Gasteiger partial charge on any atom is -0.345 e. The Morgan fingerprint density at radius 2 is 1.78 bits per heavy atom. The van der Waals surface area contributed by atoms with Gasteiger partial charge in [0.1, 0.15) is 0 Å². The molecule has 7 nitrogen and oxygen atoms in total. The molecule has 0 saturated heterocycles. The molecule has 0 saturated carbocycles. The van der Waals surface area contributed by atoms with E-state index in [1.54, 1.807) is 10.6 Å². The first-order valence-corrected chi connectivity index (χ1v) is 11.1. The molecule has 0 bridgehead atoms. The van der Waals surface area contributed by atoms with Crippen molar-refractivity contribution >= 4 is 40.0 Å². The lowest BCUT2D eigenvalue weighted by Gasteiger charge is -2.09. The molecule has 4 rings (SSSR count). The van der Waals surface area contributed by atoms with Crippen molar-refractivity contribution in [2.24, 2.45) is 7.05 Å². The van der Waals surface area contributed by atoms with Crippen molar-refractivity contribution in [2.75, 3.05) is 11.1 Å². The van der Waals surface area contributed by atoms with Crippen molar-refractivity contribution in [3.8, 4) is 0 Å². The smallest absolute Gasteiger partial charge is 0.251 e. The average Bonchev–Trinajstić information content (AvgIpc) is 3.15. The van der Waals surface area contributed by atoms with Crippen molar-refractivity contribution in [1.82, 2.24) is 20.1 Å².